The lowest BCUT2D eigenvalue weighted by Gasteiger charge is -2.08. The molecule has 1 aromatic carbocycles. The molecule has 9 heteroatoms. The van der Waals surface area contributed by atoms with Gasteiger partial charge in [-0.3, -0.25) is 4.79 Å². The molecule has 3 aromatic rings. The number of anilines is 1. The van der Waals surface area contributed by atoms with E-state index in [-0.39, 0.29) is 11.7 Å². The van der Waals surface area contributed by atoms with E-state index in [4.69, 9.17) is 5.84 Å². The number of nitrogen functional groups attached to an aromatic ring is 1. The Morgan fingerprint density at radius 1 is 1.42 bits per heavy atom. The van der Waals surface area contributed by atoms with Crippen LogP contribution in [-0.2, 0) is 4.79 Å². The van der Waals surface area contributed by atoms with Crippen molar-refractivity contribution in [3.05, 3.63) is 47.1 Å². The fourth-order valence-electron chi connectivity index (χ4n) is 1.99. The van der Waals surface area contributed by atoms with Gasteiger partial charge < -0.3 is 11.2 Å². The largest absolute Gasteiger partial charge is 0.335 e. The third-order valence-electron chi connectivity index (χ3n) is 3.21. The molecule has 0 aliphatic rings. The van der Waals surface area contributed by atoms with Crippen LogP contribution in [0.1, 0.15) is 5.56 Å². The molecule has 3 rings (SSSR count). The first-order chi connectivity index (χ1) is 11.5. The summed E-state index contributed by atoms with van der Waals surface area (Å²) in [7, 11) is 0. The zero-order valence-corrected chi connectivity index (χ0v) is 14.3. The quantitative estimate of drug-likeness (QED) is 0.538. The van der Waals surface area contributed by atoms with Crippen molar-refractivity contribution in [1.29, 1.82) is 0 Å². The molecular weight excluding hydrogens is 349 g/mol. The monoisotopic (exact) mass is 363 g/mol. The van der Waals surface area contributed by atoms with E-state index in [1.54, 1.807) is 13.0 Å². The zero-order chi connectivity index (χ0) is 17.1. The molecule has 6 nitrogen and oxygen atoms in total. The number of aromatic nitrogens is 3. The molecule has 0 saturated heterocycles. The summed E-state index contributed by atoms with van der Waals surface area (Å²) in [5.41, 5.74) is 1.24. The van der Waals surface area contributed by atoms with Gasteiger partial charge in [-0.05, 0) is 36.1 Å². The highest BCUT2D eigenvalue weighted by atomic mass is 32.2. The number of halogens is 1. The molecule has 0 spiro atoms. The molecule has 0 unspecified atom stereocenters. The van der Waals surface area contributed by atoms with Crippen LogP contribution in [0.3, 0.4) is 0 Å². The van der Waals surface area contributed by atoms with E-state index in [0.717, 1.165) is 10.4 Å². The van der Waals surface area contributed by atoms with Crippen LogP contribution >= 0.6 is 23.1 Å². The predicted octanol–water partition coefficient (Wildman–Crippen LogP) is 2.90. The van der Waals surface area contributed by atoms with E-state index in [2.05, 4.69) is 15.5 Å². The number of nitrogens with two attached hydrogens (primary N) is 1. The van der Waals surface area contributed by atoms with Gasteiger partial charge in [0.2, 0.25) is 11.1 Å². The number of carbonyl (C=O) groups is 1. The number of carbonyl (C=O) groups excluding carboxylic acids is 1. The molecule has 0 fully saturated rings. The summed E-state index contributed by atoms with van der Waals surface area (Å²) in [6, 6.07) is 8.05. The van der Waals surface area contributed by atoms with Crippen molar-refractivity contribution in [3.63, 3.8) is 0 Å². The van der Waals surface area contributed by atoms with E-state index >= 15 is 0 Å². The van der Waals surface area contributed by atoms with Crippen molar-refractivity contribution in [2.45, 2.75) is 12.1 Å². The van der Waals surface area contributed by atoms with Crippen molar-refractivity contribution < 1.29 is 9.18 Å². The van der Waals surface area contributed by atoms with E-state index in [1.807, 2.05) is 17.5 Å². The maximum atomic E-state index is 13.2. The Kier molecular flexibility index (Phi) is 4.81. The molecule has 0 radical (unpaired) electrons. The molecule has 3 N–H and O–H groups in total. The highest BCUT2D eigenvalue weighted by Crippen LogP contribution is 2.25. The van der Waals surface area contributed by atoms with Gasteiger partial charge >= 0.3 is 0 Å². The SMILES string of the molecule is Cc1ccc(F)cc1NC(=O)CSc1nnc(-c2cccs2)n1N. The topological polar surface area (TPSA) is 85.8 Å². The van der Waals surface area contributed by atoms with Gasteiger partial charge in [-0.25, -0.2) is 9.07 Å². The Hall–Kier alpha value is -2.39. The predicted molar refractivity (Wildman–Crippen MR) is 94.0 cm³/mol. The summed E-state index contributed by atoms with van der Waals surface area (Å²) in [5, 5.41) is 13.1. The number of hydrogen-bond donors (Lipinski definition) is 2. The minimum Gasteiger partial charge on any atom is -0.335 e. The highest BCUT2D eigenvalue weighted by molar-refractivity contribution is 7.99. The molecule has 2 aromatic heterocycles. The van der Waals surface area contributed by atoms with Crippen molar-refractivity contribution in [2.75, 3.05) is 16.9 Å². The van der Waals surface area contributed by atoms with Gasteiger partial charge in [0.25, 0.3) is 0 Å². The first-order valence-corrected chi connectivity index (χ1v) is 8.84. The van der Waals surface area contributed by atoms with Crippen LogP contribution in [-0.4, -0.2) is 26.5 Å². The molecule has 0 saturated carbocycles. The Balaban J connectivity index is 1.64. The van der Waals surface area contributed by atoms with Crippen LogP contribution in [0.2, 0.25) is 0 Å². The molecule has 1 amide bonds. The van der Waals surface area contributed by atoms with E-state index in [1.165, 1.54) is 39.9 Å². The van der Waals surface area contributed by atoms with Crippen LogP contribution < -0.4 is 11.2 Å². The number of benzene rings is 1. The van der Waals surface area contributed by atoms with Gasteiger partial charge in [0.05, 0.1) is 10.6 Å². The van der Waals surface area contributed by atoms with Crippen molar-refractivity contribution in [3.8, 4) is 10.7 Å². The zero-order valence-electron chi connectivity index (χ0n) is 12.7. The third kappa shape index (κ3) is 3.57. The van der Waals surface area contributed by atoms with E-state index in [0.29, 0.717) is 16.7 Å². The van der Waals surface area contributed by atoms with Crippen molar-refractivity contribution in [2.24, 2.45) is 0 Å². The number of aryl methyl sites for hydroxylation is 1. The van der Waals surface area contributed by atoms with Crippen LogP contribution in [0.5, 0.6) is 0 Å². The van der Waals surface area contributed by atoms with Crippen LogP contribution in [0, 0.1) is 12.7 Å². The second-order valence-electron chi connectivity index (χ2n) is 4.95. The summed E-state index contributed by atoms with van der Waals surface area (Å²) in [4.78, 5) is 12.9. The molecule has 2 heterocycles. The lowest BCUT2D eigenvalue weighted by atomic mass is 10.2. The number of rotatable bonds is 5. The average Bonchev–Trinajstić information content (AvgIpc) is 3.18. The molecular formula is C15H14FN5OS2. The smallest absolute Gasteiger partial charge is 0.234 e. The fourth-order valence-corrected chi connectivity index (χ4v) is 3.36. The maximum absolute atomic E-state index is 13.2. The number of nitrogens with zero attached hydrogens (tertiary/aromatic N) is 3. The molecule has 24 heavy (non-hydrogen) atoms. The molecule has 0 aliphatic heterocycles. The van der Waals surface area contributed by atoms with Crippen molar-refractivity contribution in [1.82, 2.24) is 14.9 Å². The normalized spacial score (nSPS) is 10.8. The number of hydrogen-bond acceptors (Lipinski definition) is 6. The van der Waals surface area contributed by atoms with Gasteiger partial charge in [-0.15, -0.1) is 21.5 Å². The maximum Gasteiger partial charge on any atom is 0.234 e. The van der Waals surface area contributed by atoms with Crippen LogP contribution in [0.4, 0.5) is 10.1 Å². The highest BCUT2D eigenvalue weighted by Gasteiger charge is 2.14. The summed E-state index contributed by atoms with van der Waals surface area (Å²) in [6.07, 6.45) is 0. The van der Waals surface area contributed by atoms with Gasteiger partial charge in [-0.1, -0.05) is 23.9 Å². The summed E-state index contributed by atoms with van der Waals surface area (Å²) in [5.74, 6) is 5.95. The summed E-state index contributed by atoms with van der Waals surface area (Å²) < 4.78 is 14.6. The molecule has 124 valence electrons. The molecule has 0 atom stereocenters. The van der Waals surface area contributed by atoms with Gasteiger partial charge in [-0.2, -0.15) is 0 Å². The number of thioether (sulfide) groups is 1. The lowest BCUT2D eigenvalue weighted by molar-refractivity contribution is -0.113. The Morgan fingerprint density at radius 2 is 2.25 bits per heavy atom. The summed E-state index contributed by atoms with van der Waals surface area (Å²) >= 11 is 2.67. The van der Waals surface area contributed by atoms with Crippen LogP contribution in [0.15, 0.2) is 40.9 Å². The number of thiophene rings is 1. The minimum absolute atomic E-state index is 0.0930. The van der Waals surface area contributed by atoms with Gasteiger partial charge in [0, 0.05) is 5.69 Å². The fraction of sp³-hybridized carbons (Fsp3) is 0.133. The second-order valence-corrected chi connectivity index (χ2v) is 6.84. The lowest BCUT2D eigenvalue weighted by Crippen LogP contribution is -2.17. The summed E-state index contributed by atoms with van der Waals surface area (Å²) in [6.45, 7) is 1.80. The molecule has 0 aliphatic carbocycles. The average molecular weight is 363 g/mol. The second kappa shape index (κ2) is 7.02. The minimum atomic E-state index is -0.397. The van der Waals surface area contributed by atoms with Crippen LogP contribution in [0.25, 0.3) is 10.7 Å². The number of amides is 1. The van der Waals surface area contributed by atoms with Gasteiger partial charge in [0.1, 0.15) is 5.82 Å². The Bertz CT molecular complexity index is 863. The third-order valence-corrected chi connectivity index (χ3v) is 5.02. The van der Waals surface area contributed by atoms with E-state index < -0.39 is 5.82 Å². The standard InChI is InChI=1S/C15H14FN5OS2/c1-9-4-5-10(16)7-11(9)18-13(22)8-24-15-20-19-14(21(15)17)12-3-2-6-23-12/h2-7H,8,17H2,1H3,(H,18,22). The van der Waals surface area contributed by atoms with Crippen molar-refractivity contribution >= 4 is 34.7 Å². The first-order valence-electron chi connectivity index (χ1n) is 6.98. The Labute approximate surface area is 145 Å². The van der Waals surface area contributed by atoms with E-state index in [9.17, 15) is 9.18 Å². The first kappa shape index (κ1) is 16.5. The van der Waals surface area contributed by atoms with Gasteiger partial charge in [0.15, 0.2) is 5.82 Å². The number of nitrogens with one attached hydrogen (secondary N) is 1. The molecule has 0 bridgehead atoms. The Morgan fingerprint density at radius 3 is 3.00 bits per heavy atom.